The Kier molecular flexibility index (Phi) is 4.43. The quantitative estimate of drug-likeness (QED) is 0.527. The number of ether oxygens (including phenoxy) is 1. The van der Waals surface area contributed by atoms with Gasteiger partial charge in [-0.2, -0.15) is 0 Å². The predicted molar refractivity (Wildman–Crippen MR) is 86.7 cm³/mol. The molecule has 2 aromatic rings. The number of anilines is 1. The Balaban J connectivity index is 2.28. The number of hydrogen-bond donors (Lipinski definition) is 1. The second kappa shape index (κ2) is 6.27. The maximum atomic E-state index is 12.3. The van der Waals surface area contributed by atoms with Crippen molar-refractivity contribution in [3.8, 4) is 5.75 Å². The maximum Gasteiger partial charge on any atom is 0.189 e. The van der Waals surface area contributed by atoms with Crippen LogP contribution in [-0.4, -0.2) is 12.9 Å². The SMILES string of the molecule is COc1c(C(=O)/C=C/c2ccc(N)cc2)ccc(C)c1C. The molecule has 0 spiro atoms. The summed E-state index contributed by atoms with van der Waals surface area (Å²) in [6.07, 6.45) is 3.33. The van der Waals surface area contributed by atoms with Gasteiger partial charge in [0.1, 0.15) is 5.75 Å². The van der Waals surface area contributed by atoms with Gasteiger partial charge < -0.3 is 10.5 Å². The lowest BCUT2D eigenvalue weighted by Crippen LogP contribution is -2.02. The number of benzene rings is 2. The van der Waals surface area contributed by atoms with Crippen molar-refractivity contribution in [3.05, 3.63) is 64.7 Å². The number of methoxy groups -OCH3 is 1. The molecule has 0 saturated carbocycles. The molecule has 0 amide bonds. The van der Waals surface area contributed by atoms with Crippen molar-refractivity contribution in [2.45, 2.75) is 13.8 Å². The van der Waals surface area contributed by atoms with Gasteiger partial charge >= 0.3 is 0 Å². The zero-order chi connectivity index (χ0) is 15.4. The van der Waals surface area contributed by atoms with Crippen LogP contribution in [0.3, 0.4) is 0 Å². The Bertz CT molecular complexity index is 685. The summed E-state index contributed by atoms with van der Waals surface area (Å²) >= 11 is 0. The van der Waals surface area contributed by atoms with Crippen molar-refractivity contribution in [2.75, 3.05) is 12.8 Å². The number of aryl methyl sites for hydroxylation is 1. The van der Waals surface area contributed by atoms with Crippen molar-refractivity contribution in [1.29, 1.82) is 0 Å². The van der Waals surface area contributed by atoms with Gasteiger partial charge in [0.2, 0.25) is 0 Å². The summed E-state index contributed by atoms with van der Waals surface area (Å²) in [7, 11) is 1.59. The zero-order valence-corrected chi connectivity index (χ0v) is 12.5. The van der Waals surface area contributed by atoms with Crippen molar-refractivity contribution >= 4 is 17.5 Å². The van der Waals surface area contributed by atoms with Gasteiger partial charge in [-0.25, -0.2) is 0 Å². The summed E-state index contributed by atoms with van der Waals surface area (Å²) < 4.78 is 5.37. The first-order valence-electron chi connectivity index (χ1n) is 6.75. The van der Waals surface area contributed by atoms with E-state index in [9.17, 15) is 4.79 Å². The molecule has 0 bridgehead atoms. The molecule has 21 heavy (non-hydrogen) atoms. The van der Waals surface area contributed by atoms with Gasteiger partial charge in [-0.05, 0) is 54.8 Å². The van der Waals surface area contributed by atoms with E-state index in [1.165, 1.54) is 0 Å². The standard InChI is InChI=1S/C18H19NO2/c1-12-4-10-16(18(21-3)13(12)2)17(20)11-7-14-5-8-15(19)9-6-14/h4-11H,19H2,1-3H3/b11-7+. The van der Waals surface area contributed by atoms with Gasteiger partial charge in [0.15, 0.2) is 5.78 Å². The van der Waals surface area contributed by atoms with E-state index in [-0.39, 0.29) is 5.78 Å². The number of nitrogens with two attached hydrogens (primary N) is 1. The van der Waals surface area contributed by atoms with Gasteiger partial charge in [0, 0.05) is 5.69 Å². The third-order valence-corrected chi connectivity index (χ3v) is 3.51. The first kappa shape index (κ1) is 14.9. The highest BCUT2D eigenvalue weighted by Gasteiger charge is 2.13. The molecular formula is C18H19NO2. The molecule has 0 aromatic heterocycles. The van der Waals surface area contributed by atoms with Crippen LogP contribution in [0.25, 0.3) is 6.08 Å². The molecule has 2 N–H and O–H groups in total. The molecule has 0 atom stereocenters. The zero-order valence-electron chi connectivity index (χ0n) is 12.5. The average Bonchev–Trinajstić information content (AvgIpc) is 2.49. The van der Waals surface area contributed by atoms with Crippen LogP contribution in [0.2, 0.25) is 0 Å². The van der Waals surface area contributed by atoms with Crippen molar-refractivity contribution in [2.24, 2.45) is 0 Å². The Labute approximate surface area is 125 Å². The van der Waals surface area contributed by atoms with E-state index < -0.39 is 0 Å². The van der Waals surface area contributed by atoms with E-state index in [2.05, 4.69) is 0 Å². The molecular weight excluding hydrogens is 262 g/mol. The first-order chi connectivity index (χ1) is 10.0. The Morgan fingerprint density at radius 3 is 2.38 bits per heavy atom. The van der Waals surface area contributed by atoms with Crippen LogP contribution in [0.1, 0.15) is 27.0 Å². The van der Waals surface area contributed by atoms with Gasteiger partial charge in [-0.15, -0.1) is 0 Å². The third-order valence-electron chi connectivity index (χ3n) is 3.51. The first-order valence-corrected chi connectivity index (χ1v) is 6.75. The minimum Gasteiger partial charge on any atom is -0.496 e. The molecule has 108 valence electrons. The van der Waals surface area contributed by atoms with Gasteiger partial charge in [-0.3, -0.25) is 4.79 Å². The lowest BCUT2D eigenvalue weighted by molar-refractivity contribution is 0.104. The molecule has 0 fully saturated rings. The molecule has 2 rings (SSSR count). The summed E-state index contributed by atoms with van der Waals surface area (Å²) in [5, 5.41) is 0. The van der Waals surface area contributed by atoms with E-state index in [0.29, 0.717) is 17.0 Å². The van der Waals surface area contributed by atoms with Crippen molar-refractivity contribution < 1.29 is 9.53 Å². The number of allylic oxidation sites excluding steroid dienone is 1. The molecule has 0 heterocycles. The van der Waals surface area contributed by atoms with E-state index >= 15 is 0 Å². The fraction of sp³-hybridized carbons (Fsp3) is 0.167. The molecule has 3 heteroatoms. The maximum absolute atomic E-state index is 12.3. The number of carbonyl (C=O) groups excluding carboxylic acids is 1. The average molecular weight is 281 g/mol. The summed E-state index contributed by atoms with van der Waals surface area (Å²) in [6, 6.07) is 11.1. The minimum atomic E-state index is -0.0771. The highest BCUT2D eigenvalue weighted by Crippen LogP contribution is 2.26. The second-order valence-corrected chi connectivity index (χ2v) is 4.95. The van der Waals surface area contributed by atoms with Gasteiger partial charge in [0.05, 0.1) is 12.7 Å². The summed E-state index contributed by atoms with van der Waals surface area (Å²) in [5.41, 5.74) is 9.94. The van der Waals surface area contributed by atoms with Crippen LogP contribution in [0.5, 0.6) is 5.75 Å². The molecule has 3 nitrogen and oxygen atoms in total. The fourth-order valence-electron chi connectivity index (χ4n) is 2.12. The highest BCUT2D eigenvalue weighted by atomic mass is 16.5. The van der Waals surface area contributed by atoms with E-state index in [0.717, 1.165) is 16.7 Å². The van der Waals surface area contributed by atoms with E-state index in [1.54, 1.807) is 37.5 Å². The van der Waals surface area contributed by atoms with E-state index in [1.807, 2.05) is 32.0 Å². The topological polar surface area (TPSA) is 52.3 Å². The Morgan fingerprint density at radius 1 is 1.10 bits per heavy atom. The smallest absolute Gasteiger partial charge is 0.189 e. The Morgan fingerprint density at radius 2 is 1.76 bits per heavy atom. The summed E-state index contributed by atoms with van der Waals surface area (Å²) in [6.45, 7) is 3.95. The fourth-order valence-corrected chi connectivity index (χ4v) is 2.12. The summed E-state index contributed by atoms with van der Waals surface area (Å²) in [4.78, 5) is 12.3. The minimum absolute atomic E-state index is 0.0771. The monoisotopic (exact) mass is 281 g/mol. The largest absolute Gasteiger partial charge is 0.496 e. The summed E-state index contributed by atoms with van der Waals surface area (Å²) in [5.74, 6) is 0.564. The van der Waals surface area contributed by atoms with Crippen molar-refractivity contribution in [1.82, 2.24) is 0 Å². The molecule has 0 saturated heterocycles. The number of nitrogen functional groups attached to an aromatic ring is 1. The van der Waals surface area contributed by atoms with Crippen LogP contribution >= 0.6 is 0 Å². The number of carbonyl (C=O) groups is 1. The van der Waals surface area contributed by atoms with Crippen LogP contribution in [0.15, 0.2) is 42.5 Å². The molecule has 2 aromatic carbocycles. The molecule has 0 aliphatic carbocycles. The molecule has 0 aliphatic rings. The van der Waals surface area contributed by atoms with Gasteiger partial charge in [0.25, 0.3) is 0 Å². The third kappa shape index (κ3) is 3.31. The number of ketones is 1. The van der Waals surface area contributed by atoms with Crippen LogP contribution in [0.4, 0.5) is 5.69 Å². The Hall–Kier alpha value is -2.55. The van der Waals surface area contributed by atoms with Crippen LogP contribution in [0, 0.1) is 13.8 Å². The molecule has 0 radical (unpaired) electrons. The predicted octanol–water partition coefficient (Wildman–Crippen LogP) is 3.79. The number of rotatable bonds is 4. The lowest BCUT2D eigenvalue weighted by atomic mass is 10.0. The number of hydrogen-bond acceptors (Lipinski definition) is 3. The van der Waals surface area contributed by atoms with Crippen LogP contribution in [-0.2, 0) is 0 Å². The van der Waals surface area contributed by atoms with Crippen molar-refractivity contribution in [3.63, 3.8) is 0 Å². The normalized spacial score (nSPS) is 10.8. The molecule has 0 unspecified atom stereocenters. The van der Waals surface area contributed by atoms with Gasteiger partial charge in [-0.1, -0.05) is 24.3 Å². The van der Waals surface area contributed by atoms with Crippen LogP contribution < -0.4 is 10.5 Å². The molecule has 0 aliphatic heterocycles. The highest BCUT2D eigenvalue weighted by molar-refractivity contribution is 6.09. The van der Waals surface area contributed by atoms with E-state index in [4.69, 9.17) is 10.5 Å². The second-order valence-electron chi connectivity index (χ2n) is 4.95. The lowest BCUT2D eigenvalue weighted by Gasteiger charge is -2.11.